The van der Waals surface area contributed by atoms with Crippen molar-refractivity contribution in [3.8, 4) is 11.6 Å². The van der Waals surface area contributed by atoms with Gasteiger partial charge in [0.2, 0.25) is 5.88 Å². The van der Waals surface area contributed by atoms with Gasteiger partial charge in [0, 0.05) is 61.0 Å². The number of amides is 1. The highest BCUT2D eigenvalue weighted by molar-refractivity contribution is 7.90. The van der Waals surface area contributed by atoms with E-state index in [0.717, 1.165) is 68.9 Å². The molecule has 0 unspecified atom stereocenters. The second kappa shape index (κ2) is 18.3. The van der Waals surface area contributed by atoms with Crippen LogP contribution in [0.4, 0.5) is 28.4 Å². The van der Waals surface area contributed by atoms with Gasteiger partial charge in [-0.25, -0.2) is 13.1 Å². The third-order valence-corrected chi connectivity index (χ3v) is 18.3. The molecule has 7 aliphatic rings. The predicted molar refractivity (Wildman–Crippen MR) is 268 cm³/mol. The van der Waals surface area contributed by atoms with E-state index in [0.29, 0.717) is 67.5 Å². The number of aryl methyl sites for hydroxylation is 1. The minimum Gasteiger partial charge on any atom is -0.489 e. The second-order valence-corrected chi connectivity index (χ2v) is 22.7. The predicted octanol–water partition coefficient (Wildman–Crippen LogP) is 8.15. The Morgan fingerprint density at radius 1 is 0.972 bits per heavy atom. The van der Waals surface area contributed by atoms with Gasteiger partial charge in [-0.2, -0.15) is 4.98 Å². The first-order chi connectivity index (χ1) is 34.4. The van der Waals surface area contributed by atoms with E-state index in [-0.39, 0.29) is 59.2 Å². The fourth-order valence-electron chi connectivity index (χ4n) is 13.1. The van der Waals surface area contributed by atoms with E-state index in [9.17, 15) is 28.4 Å². The number of aliphatic hydroxyl groups is 1. The number of carbonyl (C=O) groups is 1. The highest BCUT2D eigenvalue weighted by Gasteiger charge is 2.50. The summed E-state index contributed by atoms with van der Waals surface area (Å²) in [6.45, 7) is 6.03. The van der Waals surface area contributed by atoms with Gasteiger partial charge in [-0.3, -0.25) is 19.8 Å². The number of fused-ring (bicyclic) bond motifs is 4. The molecule has 4 atom stereocenters. The Balaban J connectivity index is 0.837. The molecule has 4 N–H and O–H groups in total. The lowest BCUT2D eigenvalue weighted by Gasteiger charge is -2.56. The van der Waals surface area contributed by atoms with Crippen molar-refractivity contribution in [2.24, 2.45) is 11.3 Å². The van der Waals surface area contributed by atoms with E-state index in [1.165, 1.54) is 42.9 Å². The van der Waals surface area contributed by atoms with Gasteiger partial charge in [-0.05, 0) is 130 Å². The van der Waals surface area contributed by atoms with Crippen LogP contribution in [-0.4, -0.2) is 109 Å². The van der Waals surface area contributed by atoms with Crippen molar-refractivity contribution in [3.63, 3.8) is 0 Å². The SMILES string of the molecule is CCc1ccccc1[C@@H]1CCCN1C1CC2(CCN(c3ccc(C(=O)NS(=O)(=O)c4cc5c(c([N+](=O)[O-])c4)N[C@@H](C4CCC(O)CC4)CO5)c(N4c5cc6cc[nH]c6nc5O[C@@H]5CCOC[C@H]54)c3)CC2)C1. The number of nitro benzene ring substituents is 1. The van der Waals surface area contributed by atoms with Crippen LogP contribution in [0.25, 0.3) is 11.0 Å². The van der Waals surface area contributed by atoms with Crippen LogP contribution in [0.3, 0.4) is 0 Å². The number of aliphatic hydroxyl groups excluding tert-OH is 1. The van der Waals surface area contributed by atoms with Gasteiger partial charge < -0.3 is 39.4 Å². The Morgan fingerprint density at radius 3 is 2.59 bits per heavy atom. The molecule has 5 aliphatic heterocycles. The van der Waals surface area contributed by atoms with Crippen molar-refractivity contribution in [1.82, 2.24) is 19.6 Å². The van der Waals surface area contributed by atoms with Gasteiger partial charge in [-0.15, -0.1) is 0 Å². The standard InChI is InChI=1S/C53H62N8O9S/c1-2-32-6-3-4-7-39(32)42-8-5-20-59(42)36-28-53(29-36)17-21-58(22-18-53)35-11-14-40(43(25-35)60-45-24-34-15-19-54-50(34)56-52(45)70-47-16-23-68-31-46(47)60)51(63)57-71(66,67)38-26-44(61(64)65)49-48(27-38)69-30-41(55-49)33-9-12-37(62)13-10-33/h3-4,6-7,11,14-15,19,24-27,33,36-37,41-42,46-47,55,62H,2,5,8-10,12-13,16-18,20-23,28-31H2,1H3,(H,54,56)(H,57,63)/t33?,37?,41-,42+,46-,47-/m1/s1. The zero-order chi connectivity index (χ0) is 48.6. The molecular weight excluding hydrogens is 925 g/mol. The summed E-state index contributed by atoms with van der Waals surface area (Å²) in [5, 5.41) is 26.7. The number of pyridine rings is 1. The second-order valence-electron chi connectivity index (χ2n) is 21.0. The quantitative estimate of drug-likeness (QED) is 0.0771. The molecule has 17 nitrogen and oxygen atoms in total. The topological polar surface area (TPSA) is 205 Å². The molecule has 12 rings (SSSR count). The molecule has 18 heteroatoms. The van der Waals surface area contributed by atoms with Crippen LogP contribution in [0.1, 0.15) is 105 Å². The van der Waals surface area contributed by atoms with Gasteiger partial charge in [0.25, 0.3) is 21.6 Å². The summed E-state index contributed by atoms with van der Waals surface area (Å²) in [6.07, 6.45) is 12.4. The molecule has 3 aromatic carbocycles. The summed E-state index contributed by atoms with van der Waals surface area (Å²) in [5.41, 5.74) is 5.61. The third-order valence-electron chi connectivity index (χ3n) is 17.0. The van der Waals surface area contributed by atoms with Crippen LogP contribution < -0.4 is 29.3 Å². The first kappa shape index (κ1) is 46.1. The number of nitro groups is 1. The fourth-order valence-corrected chi connectivity index (χ4v) is 14.1. The zero-order valence-corrected chi connectivity index (χ0v) is 40.9. The number of rotatable bonds is 10. The van der Waals surface area contributed by atoms with Crippen LogP contribution >= 0.6 is 0 Å². The van der Waals surface area contributed by atoms with Gasteiger partial charge in [0.05, 0.1) is 52.5 Å². The number of hydrogen-bond acceptors (Lipinski definition) is 14. The molecule has 2 saturated carbocycles. The molecule has 0 bridgehead atoms. The molecule has 5 aromatic rings. The number of aromatic nitrogens is 2. The Hall–Kier alpha value is -5.95. The van der Waals surface area contributed by atoms with Gasteiger partial charge in [0.1, 0.15) is 24.0 Å². The molecule has 7 heterocycles. The van der Waals surface area contributed by atoms with Crippen molar-refractivity contribution < 1.29 is 37.5 Å². The van der Waals surface area contributed by atoms with E-state index in [1.807, 2.05) is 35.4 Å². The minimum atomic E-state index is -4.70. The van der Waals surface area contributed by atoms with Crippen LogP contribution in [-0.2, 0) is 21.2 Å². The highest BCUT2D eigenvalue weighted by atomic mass is 32.2. The maximum Gasteiger partial charge on any atom is 0.297 e. The van der Waals surface area contributed by atoms with Crippen LogP contribution in [0.15, 0.2) is 77.8 Å². The molecule has 2 aromatic heterocycles. The maximum atomic E-state index is 14.8. The van der Waals surface area contributed by atoms with E-state index in [4.69, 9.17) is 19.2 Å². The van der Waals surface area contributed by atoms with Gasteiger partial charge in [0.15, 0.2) is 11.4 Å². The lowest BCUT2D eigenvalue weighted by atomic mass is 9.59. The van der Waals surface area contributed by atoms with Crippen molar-refractivity contribution in [2.45, 2.75) is 125 Å². The summed E-state index contributed by atoms with van der Waals surface area (Å²) in [5.74, 6) is -0.372. The van der Waals surface area contributed by atoms with E-state index in [2.05, 4.69) is 56.0 Å². The number of nitrogens with one attached hydrogen (secondary N) is 3. The molecule has 3 saturated heterocycles. The van der Waals surface area contributed by atoms with Crippen molar-refractivity contribution >= 4 is 55.4 Å². The van der Waals surface area contributed by atoms with Gasteiger partial charge >= 0.3 is 0 Å². The summed E-state index contributed by atoms with van der Waals surface area (Å²) in [6, 6.07) is 21.1. The van der Waals surface area contributed by atoms with E-state index in [1.54, 1.807) is 6.07 Å². The molecule has 2 aliphatic carbocycles. The number of carbonyl (C=O) groups excluding carboxylic acids is 1. The number of sulfonamides is 1. The van der Waals surface area contributed by atoms with Crippen molar-refractivity contribution in [3.05, 3.63) is 99.7 Å². The Morgan fingerprint density at radius 2 is 1.79 bits per heavy atom. The summed E-state index contributed by atoms with van der Waals surface area (Å²) in [7, 11) is -4.70. The average molecular weight is 987 g/mol. The Labute approximate surface area is 413 Å². The number of nitrogens with zero attached hydrogens (tertiary/aromatic N) is 5. The third kappa shape index (κ3) is 8.43. The average Bonchev–Trinajstić information content (AvgIpc) is 4.06. The lowest BCUT2D eigenvalue weighted by molar-refractivity contribution is -0.384. The normalized spacial score (nSPS) is 26.3. The molecule has 374 valence electrons. The van der Waals surface area contributed by atoms with E-state index >= 15 is 0 Å². The molecule has 0 radical (unpaired) electrons. The summed E-state index contributed by atoms with van der Waals surface area (Å²) >= 11 is 0. The maximum absolute atomic E-state index is 14.8. The largest absolute Gasteiger partial charge is 0.489 e. The smallest absolute Gasteiger partial charge is 0.297 e. The minimum absolute atomic E-state index is 0.0136. The van der Waals surface area contributed by atoms with Crippen LogP contribution in [0, 0.1) is 21.4 Å². The molecule has 5 fully saturated rings. The first-order valence-corrected chi connectivity index (χ1v) is 27.1. The Kier molecular flexibility index (Phi) is 11.9. The number of anilines is 4. The van der Waals surface area contributed by atoms with E-state index < -0.39 is 31.4 Å². The lowest BCUT2D eigenvalue weighted by Crippen LogP contribution is -2.55. The number of ether oxygens (including phenoxy) is 3. The van der Waals surface area contributed by atoms with Gasteiger partial charge in [-0.1, -0.05) is 31.2 Å². The van der Waals surface area contributed by atoms with Crippen molar-refractivity contribution in [1.29, 1.82) is 0 Å². The number of benzene rings is 3. The van der Waals surface area contributed by atoms with Crippen LogP contribution in [0.5, 0.6) is 11.6 Å². The van der Waals surface area contributed by atoms with Crippen LogP contribution in [0.2, 0.25) is 0 Å². The highest BCUT2D eigenvalue weighted by Crippen LogP contribution is 2.55. The monoisotopic (exact) mass is 986 g/mol. The molecule has 1 spiro atoms. The Bertz CT molecular complexity index is 2980. The fraction of sp³-hybridized carbons (Fsp3) is 0.509. The number of piperidine rings is 1. The number of H-pyrrole nitrogens is 1. The number of aromatic amines is 1. The molecule has 1 amide bonds. The summed E-state index contributed by atoms with van der Waals surface area (Å²) < 4.78 is 49.7. The molecular formula is C53H62N8O9S. The zero-order valence-electron chi connectivity index (χ0n) is 40.1. The summed E-state index contributed by atoms with van der Waals surface area (Å²) in [4.78, 5) is 41.5. The number of hydrogen-bond donors (Lipinski definition) is 4. The van der Waals surface area contributed by atoms with Crippen molar-refractivity contribution in [2.75, 3.05) is 54.6 Å². The molecule has 71 heavy (non-hydrogen) atoms. The first-order valence-electron chi connectivity index (χ1n) is 25.7. The number of likely N-dealkylation sites (tertiary alicyclic amines) is 1.